The SMILES string of the molecule is CC(C)n1ncnc1CC1NCCc2ccc(O)cc21. The Morgan fingerprint density at radius 3 is 3.10 bits per heavy atom. The van der Waals surface area contributed by atoms with Crippen LogP contribution in [0.15, 0.2) is 24.5 Å². The van der Waals surface area contributed by atoms with E-state index in [1.54, 1.807) is 12.4 Å². The summed E-state index contributed by atoms with van der Waals surface area (Å²) < 4.78 is 1.96. The van der Waals surface area contributed by atoms with E-state index in [-0.39, 0.29) is 6.04 Å². The number of aromatic hydroxyl groups is 1. The van der Waals surface area contributed by atoms with Crippen LogP contribution >= 0.6 is 0 Å². The number of nitrogens with zero attached hydrogens (tertiary/aromatic N) is 3. The van der Waals surface area contributed by atoms with Gasteiger partial charge in [-0.25, -0.2) is 9.67 Å². The highest BCUT2D eigenvalue weighted by atomic mass is 16.3. The Morgan fingerprint density at radius 2 is 2.30 bits per heavy atom. The van der Waals surface area contributed by atoms with Crippen molar-refractivity contribution >= 4 is 0 Å². The minimum Gasteiger partial charge on any atom is -0.508 e. The Bertz CT molecular complexity index is 606. The molecule has 5 heteroatoms. The molecule has 0 saturated heterocycles. The van der Waals surface area contributed by atoms with Crippen molar-refractivity contribution in [2.24, 2.45) is 0 Å². The predicted molar refractivity (Wildman–Crippen MR) is 76.7 cm³/mol. The molecule has 1 aromatic heterocycles. The molecule has 0 fully saturated rings. The van der Waals surface area contributed by atoms with Crippen LogP contribution in [0.1, 0.15) is 42.9 Å². The van der Waals surface area contributed by atoms with E-state index in [2.05, 4.69) is 29.2 Å². The summed E-state index contributed by atoms with van der Waals surface area (Å²) in [6.07, 6.45) is 3.40. The maximum absolute atomic E-state index is 9.71. The van der Waals surface area contributed by atoms with Crippen LogP contribution in [0.3, 0.4) is 0 Å². The van der Waals surface area contributed by atoms with Gasteiger partial charge in [-0.15, -0.1) is 0 Å². The zero-order valence-electron chi connectivity index (χ0n) is 11.9. The number of aromatic nitrogens is 3. The number of fused-ring (bicyclic) bond motifs is 1. The van der Waals surface area contributed by atoms with Crippen molar-refractivity contribution in [2.45, 2.75) is 38.8 Å². The standard InChI is InChI=1S/C15H20N4O/c1-10(2)19-15(17-9-18-19)8-14-13-7-12(20)4-3-11(13)5-6-16-14/h3-4,7,9-10,14,16,20H,5-6,8H2,1-2H3. The predicted octanol–water partition coefficient (Wildman–Crippen LogP) is 1.99. The second-order valence-corrected chi connectivity index (χ2v) is 5.56. The fraction of sp³-hybridized carbons (Fsp3) is 0.467. The lowest BCUT2D eigenvalue weighted by Crippen LogP contribution is -2.32. The first-order chi connectivity index (χ1) is 9.65. The van der Waals surface area contributed by atoms with Gasteiger partial charge in [0.15, 0.2) is 0 Å². The van der Waals surface area contributed by atoms with Gasteiger partial charge in [-0.05, 0) is 50.1 Å². The smallest absolute Gasteiger partial charge is 0.138 e. The van der Waals surface area contributed by atoms with Crippen molar-refractivity contribution < 1.29 is 5.11 Å². The third-order valence-corrected chi connectivity index (χ3v) is 3.81. The summed E-state index contributed by atoms with van der Waals surface area (Å²) >= 11 is 0. The molecule has 0 bridgehead atoms. The van der Waals surface area contributed by atoms with Crippen LogP contribution < -0.4 is 5.32 Å². The van der Waals surface area contributed by atoms with Gasteiger partial charge in [0.2, 0.25) is 0 Å². The summed E-state index contributed by atoms with van der Waals surface area (Å²) in [5.41, 5.74) is 2.48. The number of hydrogen-bond acceptors (Lipinski definition) is 4. The summed E-state index contributed by atoms with van der Waals surface area (Å²) in [4.78, 5) is 4.38. The second kappa shape index (κ2) is 5.25. The van der Waals surface area contributed by atoms with E-state index >= 15 is 0 Å². The average Bonchev–Trinajstić information content (AvgIpc) is 2.88. The van der Waals surface area contributed by atoms with E-state index in [0.717, 1.165) is 25.2 Å². The molecule has 2 N–H and O–H groups in total. The van der Waals surface area contributed by atoms with Gasteiger partial charge in [0.25, 0.3) is 0 Å². The van der Waals surface area contributed by atoms with Crippen molar-refractivity contribution in [3.63, 3.8) is 0 Å². The van der Waals surface area contributed by atoms with Crippen LogP contribution in [0.4, 0.5) is 0 Å². The molecule has 2 heterocycles. The van der Waals surface area contributed by atoms with Crippen LogP contribution in [0.5, 0.6) is 5.75 Å². The first-order valence-electron chi connectivity index (χ1n) is 7.08. The van der Waals surface area contributed by atoms with Crippen LogP contribution in [0, 0.1) is 0 Å². The first-order valence-corrected chi connectivity index (χ1v) is 7.08. The highest BCUT2D eigenvalue weighted by molar-refractivity contribution is 5.39. The van der Waals surface area contributed by atoms with E-state index in [0.29, 0.717) is 11.8 Å². The third kappa shape index (κ3) is 2.41. The Labute approximate surface area is 118 Å². The van der Waals surface area contributed by atoms with Crippen molar-refractivity contribution in [1.82, 2.24) is 20.1 Å². The highest BCUT2D eigenvalue weighted by Gasteiger charge is 2.22. The van der Waals surface area contributed by atoms with Gasteiger partial charge in [-0.2, -0.15) is 5.10 Å². The number of benzene rings is 1. The number of phenols is 1. The molecule has 1 atom stereocenters. The van der Waals surface area contributed by atoms with Gasteiger partial charge in [0, 0.05) is 18.5 Å². The van der Waals surface area contributed by atoms with E-state index in [1.165, 1.54) is 11.1 Å². The quantitative estimate of drug-likeness (QED) is 0.897. The van der Waals surface area contributed by atoms with Crippen molar-refractivity contribution in [3.05, 3.63) is 41.5 Å². The van der Waals surface area contributed by atoms with Gasteiger partial charge in [0.1, 0.15) is 17.9 Å². The largest absolute Gasteiger partial charge is 0.508 e. The fourth-order valence-electron chi connectivity index (χ4n) is 2.84. The topological polar surface area (TPSA) is 63.0 Å². The van der Waals surface area contributed by atoms with E-state index in [1.807, 2.05) is 16.8 Å². The minimum atomic E-state index is 0.188. The molecule has 20 heavy (non-hydrogen) atoms. The van der Waals surface area contributed by atoms with Gasteiger partial charge in [0.05, 0.1) is 0 Å². The Kier molecular flexibility index (Phi) is 3.44. The van der Waals surface area contributed by atoms with Gasteiger partial charge < -0.3 is 10.4 Å². The maximum Gasteiger partial charge on any atom is 0.138 e. The molecule has 0 spiro atoms. The minimum absolute atomic E-state index is 0.188. The van der Waals surface area contributed by atoms with E-state index < -0.39 is 0 Å². The molecule has 5 nitrogen and oxygen atoms in total. The zero-order chi connectivity index (χ0) is 14.1. The highest BCUT2D eigenvalue weighted by Crippen LogP contribution is 2.28. The number of nitrogens with one attached hydrogen (secondary N) is 1. The lowest BCUT2D eigenvalue weighted by atomic mass is 9.92. The summed E-state index contributed by atoms with van der Waals surface area (Å²) in [6.45, 7) is 5.16. The fourth-order valence-corrected chi connectivity index (χ4v) is 2.84. The second-order valence-electron chi connectivity index (χ2n) is 5.56. The molecule has 1 aliphatic rings. The molecular formula is C15H20N4O. The number of hydrogen-bond donors (Lipinski definition) is 2. The Balaban J connectivity index is 1.89. The molecule has 1 aliphatic heterocycles. The summed E-state index contributed by atoms with van der Waals surface area (Å²) in [6, 6.07) is 6.14. The van der Waals surface area contributed by atoms with Crippen LogP contribution in [0.25, 0.3) is 0 Å². The van der Waals surface area contributed by atoms with Gasteiger partial charge in [-0.3, -0.25) is 0 Å². The molecule has 0 saturated carbocycles. The van der Waals surface area contributed by atoms with Gasteiger partial charge in [-0.1, -0.05) is 6.07 Å². The monoisotopic (exact) mass is 272 g/mol. The third-order valence-electron chi connectivity index (χ3n) is 3.81. The summed E-state index contributed by atoms with van der Waals surface area (Å²) in [7, 11) is 0. The Hall–Kier alpha value is -1.88. The molecule has 1 aromatic carbocycles. The van der Waals surface area contributed by atoms with E-state index in [9.17, 15) is 5.11 Å². The van der Waals surface area contributed by atoms with Crippen molar-refractivity contribution in [2.75, 3.05) is 6.54 Å². The molecule has 106 valence electrons. The van der Waals surface area contributed by atoms with E-state index in [4.69, 9.17) is 0 Å². The first kappa shape index (κ1) is 13.1. The normalized spacial score (nSPS) is 18.2. The maximum atomic E-state index is 9.71. The number of rotatable bonds is 3. The lowest BCUT2D eigenvalue weighted by molar-refractivity contribution is 0.443. The zero-order valence-corrected chi connectivity index (χ0v) is 11.9. The van der Waals surface area contributed by atoms with Gasteiger partial charge >= 0.3 is 0 Å². The molecule has 2 aromatic rings. The average molecular weight is 272 g/mol. The Morgan fingerprint density at radius 1 is 1.45 bits per heavy atom. The molecule has 0 aliphatic carbocycles. The molecular weight excluding hydrogens is 252 g/mol. The lowest BCUT2D eigenvalue weighted by Gasteiger charge is -2.27. The molecule has 0 radical (unpaired) electrons. The van der Waals surface area contributed by atoms with Crippen LogP contribution in [-0.4, -0.2) is 26.4 Å². The number of phenolic OH excluding ortho intramolecular Hbond substituents is 1. The molecule has 0 amide bonds. The van der Waals surface area contributed by atoms with Crippen LogP contribution in [-0.2, 0) is 12.8 Å². The van der Waals surface area contributed by atoms with Crippen LogP contribution in [0.2, 0.25) is 0 Å². The van der Waals surface area contributed by atoms with Crippen molar-refractivity contribution in [1.29, 1.82) is 0 Å². The van der Waals surface area contributed by atoms with Crippen molar-refractivity contribution in [3.8, 4) is 5.75 Å². The summed E-state index contributed by atoms with van der Waals surface area (Å²) in [5, 5.41) is 17.5. The summed E-state index contributed by atoms with van der Waals surface area (Å²) in [5.74, 6) is 1.30. The molecule has 1 unspecified atom stereocenters. The molecule has 3 rings (SSSR count).